The van der Waals surface area contributed by atoms with E-state index in [1.54, 1.807) is 6.20 Å². The van der Waals surface area contributed by atoms with E-state index in [4.69, 9.17) is 11.6 Å². The van der Waals surface area contributed by atoms with E-state index in [0.717, 1.165) is 17.9 Å². The van der Waals surface area contributed by atoms with E-state index in [-0.39, 0.29) is 5.28 Å². The summed E-state index contributed by atoms with van der Waals surface area (Å²) in [6, 6.07) is 0.324. The Hall–Kier alpha value is -0.870. The van der Waals surface area contributed by atoms with Gasteiger partial charge in [-0.3, -0.25) is 0 Å². The van der Waals surface area contributed by atoms with E-state index < -0.39 is 0 Å². The largest absolute Gasteiger partial charge is 0.366 e. The zero-order chi connectivity index (χ0) is 11.4. The third kappa shape index (κ3) is 4.01. The molecule has 84 valence electrons. The van der Waals surface area contributed by atoms with Crippen LogP contribution in [-0.2, 0) is 0 Å². The predicted octanol–water partition coefficient (Wildman–Crippen LogP) is 1.80. The van der Waals surface area contributed by atoms with Crippen LogP contribution in [0.5, 0.6) is 0 Å². The summed E-state index contributed by atoms with van der Waals surface area (Å²) in [5.41, 5.74) is 1.00. The number of nitrogens with one attached hydrogen (secondary N) is 1. The third-order valence-electron chi connectivity index (χ3n) is 1.96. The van der Waals surface area contributed by atoms with E-state index in [0.29, 0.717) is 6.04 Å². The zero-order valence-corrected chi connectivity index (χ0v) is 10.3. The minimum atomic E-state index is 0.278. The number of hydrogen-bond donors (Lipinski definition) is 1. The predicted molar refractivity (Wildman–Crippen MR) is 63.4 cm³/mol. The number of aryl methyl sites for hydroxylation is 1. The van der Waals surface area contributed by atoms with Gasteiger partial charge in [0.2, 0.25) is 5.28 Å². The minimum Gasteiger partial charge on any atom is -0.366 e. The van der Waals surface area contributed by atoms with Crippen molar-refractivity contribution in [3.8, 4) is 0 Å². The van der Waals surface area contributed by atoms with Gasteiger partial charge in [0.15, 0.2) is 0 Å². The van der Waals surface area contributed by atoms with Crippen molar-refractivity contribution in [2.45, 2.75) is 19.9 Å². The molecule has 1 aromatic rings. The molecule has 0 amide bonds. The lowest BCUT2D eigenvalue weighted by atomic mass is 10.3. The summed E-state index contributed by atoms with van der Waals surface area (Å²) in [5.74, 6) is 0.810. The van der Waals surface area contributed by atoms with Crippen LogP contribution in [0.2, 0.25) is 5.28 Å². The van der Waals surface area contributed by atoms with Crippen LogP contribution in [0.25, 0.3) is 0 Å². The fourth-order valence-electron chi connectivity index (χ4n) is 1.39. The van der Waals surface area contributed by atoms with E-state index >= 15 is 0 Å². The average molecular weight is 229 g/mol. The quantitative estimate of drug-likeness (QED) is 0.798. The van der Waals surface area contributed by atoms with Crippen molar-refractivity contribution in [1.29, 1.82) is 0 Å². The summed E-state index contributed by atoms with van der Waals surface area (Å²) < 4.78 is 0. The van der Waals surface area contributed by atoms with Crippen molar-refractivity contribution in [2.75, 3.05) is 26.0 Å². The van der Waals surface area contributed by atoms with Gasteiger partial charge < -0.3 is 10.2 Å². The van der Waals surface area contributed by atoms with Gasteiger partial charge in [-0.2, -0.15) is 0 Å². The normalized spacial score (nSPS) is 12.9. The van der Waals surface area contributed by atoms with E-state index in [1.807, 2.05) is 21.0 Å². The fraction of sp³-hybridized carbons (Fsp3) is 0.600. The number of halogens is 1. The topological polar surface area (TPSA) is 41.1 Å². The van der Waals surface area contributed by atoms with Crippen molar-refractivity contribution in [1.82, 2.24) is 14.9 Å². The molecule has 0 bridgehead atoms. The van der Waals surface area contributed by atoms with Crippen LogP contribution < -0.4 is 5.32 Å². The average Bonchev–Trinajstić information content (AvgIpc) is 2.10. The van der Waals surface area contributed by atoms with Gasteiger partial charge in [0, 0.05) is 24.3 Å². The van der Waals surface area contributed by atoms with E-state index in [9.17, 15) is 0 Å². The molecule has 1 rings (SSSR count). The Bertz CT molecular complexity index is 327. The van der Waals surface area contributed by atoms with Crippen LogP contribution >= 0.6 is 11.6 Å². The molecule has 1 atom stereocenters. The zero-order valence-electron chi connectivity index (χ0n) is 9.58. The number of hydrogen-bond acceptors (Lipinski definition) is 4. The molecule has 0 fully saturated rings. The van der Waals surface area contributed by atoms with Crippen LogP contribution in [0.4, 0.5) is 5.82 Å². The molecule has 0 radical (unpaired) electrons. The molecule has 1 unspecified atom stereocenters. The molecule has 0 aliphatic heterocycles. The first kappa shape index (κ1) is 12.2. The summed E-state index contributed by atoms with van der Waals surface area (Å²) in [5, 5.41) is 3.58. The van der Waals surface area contributed by atoms with Crippen LogP contribution in [0, 0.1) is 6.92 Å². The SMILES string of the molecule is Cc1cnc(Cl)nc1NC(C)CN(C)C. The van der Waals surface area contributed by atoms with Crippen molar-refractivity contribution in [3.05, 3.63) is 17.0 Å². The first-order valence-electron chi connectivity index (χ1n) is 4.89. The molecule has 15 heavy (non-hydrogen) atoms. The smallest absolute Gasteiger partial charge is 0.224 e. The molecule has 5 heteroatoms. The Morgan fingerprint density at radius 2 is 2.20 bits per heavy atom. The highest BCUT2D eigenvalue weighted by molar-refractivity contribution is 6.28. The molecule has 0 aliphatic rings. The number of nitrogens with zero attached hydrogens (tertiary/aromatic N) is 3. The van der Waals surface area contributed by atoms with Gasteiger partial charge in [-0.05, 0) is 39.5 Å². The maximum absolute atomic E-state index is 5.73. The highest BCUT2D eigenvalue weighted by Gasteiger charge is 2.07. The highest BCUT2D eigenvalue weighted by Crippen LogP contribution is 2.13. The van der Waals surface area contributed by atoms with Crippen molar-refractivity contribution >= 4 is 17.4 Å². The first-order valence-corrected chi connectivity index (χ1v) is 5.27. The first-order chi connectivity index (χ1) is 6.99. The summed E-state index contributed by atoms with van der Waals surface area (Å²) in [6.45, 7) is 5.01. The van der Waals surface area contributed by atoms with Crippen LogP contribution in [-0.4, -0.2) is 41.5 Å². The maximum Gasteiger partial charge on any atom is 0.224 e. The molecule has 0 aromatic carbocycles. The monoisotopic (exact) mass is 228 g/mol. The lowest BCUT2D eigenvalue weighted by Gasteiger charge is -2.19. The Kier molecular flexibility index (Phi) is 4.29. The minimum absolute atomic E-state index is 0.278. The van der Waals surface area contributed by atoms with Gasteiger partial charge in [-0.15, -0.1) is 0 Å². The van der Waals surface area contributed by atoms with Crippen LogP contribution in [0.3, 0.4) is 0 Å². The van der Waals surface area contributed by atoms with Crippen LogP contribution in [0.15, 0.2) is 6.20 Å². The lowest BCUT2D eigenvalue weighted by Crippen LogP contribution is -2.30. The Morgan fingerprint density at radius 1 is 1.53 bits per heavy atom. The van der Waals surface area contributed by atoms with Gasteiger partial charge in [-0.25, -0.2) is 9.97 Å². The number of likely N-dealkylation sites (N-methyl/N-ethyl adjacent to an activating group) is 1. The second kappa shape index (κ2) is 5.28. The second-order valence-electron chi connectivity index (χ2n) is 3.98. The van der Waals surface area contributed by atoms with Gasteiger partial charge in [0.05, 0.1) is 0 Å². The molecular formula is C10H17ClN4. The molecule has 1 heterocycles. The van der Waals surface area contributed by atoms with Gasteiger partial charge in [-0.1, -0.05) is 0 Å². The molecule has 4 nitrogen and oxygen atoms in total. The molecular weight excluding hydrogens is 212 g/mol. The molecule has 0 aliphatic carbocycles. The van der Waals surface area contributed by atoms with E-state index in [2.05, 4.69) is 27.1 Å². The fourth-order valence-corrected chi connectivity index (χ4v) is 1.53. The van der Waals surface area contributed by atoms with Crippen molar-refractivity contribution in [2.24, 2.45) is 0 Å². The van der Waals surface area contributed by atoms with Gasteiger partial charge in [0.1, 0.15) is 5.82 Å². The molecule has 0 spiro atoms. The van der Waals surface area contributed by atoms with Crippen molar-refractivity contribution < 1.29 is 0 Å². The van der Waals surface area contributed by atoms with Crippen LogP contribution in [0.1, 0.15) is 12.5 Å². The van der Waals surface area contributed by atoms with Gasteiger partial charge >= 0.3 is 0 Å². The summed E-state index contributed by atoms with van der Waals surface area (Å²) in [6.07, 6.45) is 1.72. The second-order valence-corrected chi connectivity index (χ2v) is 4.32. The standard InChI is InChI=1S/C10H17ClN4/c1-7-5-12-10(11)14-9(7)13-8(2)6-15(3)4/h5,8H,6H2,1-4H3,(H,12,13,14). The van der Waals surface area contributed by atoms with E-state index in [1.165, 1.54) is 0 Å². The third-order valence-corrected chi connectivity index (χ3v) is 2.15. The maximum atomic E-state index is 5.73. The Morgan fingerprint density at radius 3 is 2.80 bits per heavy atom. The molecule has 1 N–H and O–H groups in total. The number of aromatic nitrogens is 2. The van der Waals surface area contributed by atoms with Crippen molar-refractivity contribution in [3.63, 3.8) is 0 Å². The number of anilines is 1. The number of rotatable bonds is 4. The lowest BCUT2D eigenvalue weighted by molar-refractivity contribution is 0.392. The Balaban J connectivity index is 2.67. The summed E-state index contributed by atoms with van der Waals surface area (Å²) in [4.78, 5) is 10.2. The molecule has 1 aromatic heterocycles. The highest BCUT2D eigenvalue weighted by atomic mass is 35.5. The Labute approximate surface area is 95.7 Å². The summed E-state index contributed by atoms with van der Waals surface area (Å²) >= 11 is 5.73. The molecule has 0 saturated carbocycles. The molecule has 0 saturated heterocycles. The van der Waals surface area contributed by atoms with Gasteiger partial charge in [0.25, 0.3) is 0 Å². The summed E-state index contributed by atoms with van der Waals surface area (Å²) in [7, 11) is 4.08.